The van der Waals surface area contributed by atoms with E-state index in [4.69, 9.17) is 9.47 Å². The topological polar surface area (TPSA) is 128 Å². The third kappa shape index (κ3) is 4.85. The normalized spacial score (nSPS) is 15.4. The highest BCUT2D eigenvalue weighted by Crippen LogP contribution is 2.36. The lowest BCUT2D eigenvalue weighted by atomic mass is 10.1. The summed E-state index contributed by atoms with van der Waals surface area (Å²) < 4.78 is 10.3. The quantitative estimate of drug-likeness (QED) is 0.397. The van der Waals surface area contributed by atoms with Crippen LogP contribution < -0.4 is 15.0 Å². The molecule has 1 fully saturated rings. The third-order valence-electron chi connectivity index (χ3n) is 5.35. The van der Waals surface area contributed by atoms with E-state index < -0.39 is 29.3 Å². The molecule has 32 heavy (non-hydrogen) atoms. The SMILES string of the molecule is COc1cc([N+](=O)[O-])ccc1N1C[C@@H](C(=O)OCC(=O)Nc2cccc(C)c2C)CC1=O. The molecule has 0 aliphatic carbocycles. The number of amides is 2. The van der Waals surface area contributed by atoms with E-state index in [1.165, 1.54) is 30.2 Å². The summed E-state index contributed by atoms with van der Waals surface area (Å²) in [5.74, 6) is -2.12. The number of ether oxygens (including phenoxy) is 2. The second-order valence-electron chi connectivity index (χ2n) is 7.42. The molecule has 168 valence electrons. The Labute approximate surface area is 184 Å². The molecule has 0 bridgehead atoms. The van der Waals surface area contributed by atoms with Gasteiger partial charge in [-0.1, -0.05) is 12.1 Å². The summed E-state index contributed by atoms with van der Waals surface area (Å²) in [6, 6.07) is 9.37. The molecule has 1 heterocycles. The number of nitrogens with one attached hydrogen (secondary N) is 1. The van der Waals surface area contributed by atoms with Gasteiger partial charge >= 0.3 is 5.97 Å². The van der Waals surface area contributed by atoms with Crippen LogP contribution in [0.1, 0.15) is 17.5 Å². The number of nitro benzene ring substituents is 1. The maximum Gasteiger partial charge on any atom is 0.311 e. The summed E-state index contributed by atoms with van der Waals surface area (Å²) in [6.07, 6.45) is -0.0996. The Hall–Kier alpha value is -3.95. The van der Waals surface area contributed by atoms with Gasteiger partial charge in [0.25, 0.3) is 11.6 Å². The molecule has 1 saturated heterocycles. The number of methoxy groups -OCH3 is 1. The largest absolute Gasteiger partial charge is 0.494 e. The Morgan fingerprint density at radius 3 is 2.69 bits per heavy atom. The second kappa shape index (κ2) is 9.46. The number of nitrogens with zero attached hydrogens (tertiary/aromatic N) is 2. The molecule has 0 aromatic heterocycles. The van der Waals surface area contributed by atoms with Gasteiger partial charge in [-0.15, -0.1) is 0 Å². The van der Waals surface area contributed by atoms with Crippen molar-refractivity contribution in [3.8, 4) is 5.75 Å². The zero-order valence-electron chi connectivity index (χ0n) is 17.9. The van der Waals surface area contributed by atoms with Crippen LogP contribution in [0.5, 0.6) is 5.75 Å². The summed E-state index contributed by atoms with van der Waals surface area (Å²) in [7, 11) is 1.34. The first-order chi connectivity index (χ1) is 15.2. The zero-order valence-corrected chi connectivity index (χ0v) is 17.9. The summed E-state index contributed by atoms with van der Waals surface area (Å²) in [4.78, 5) is 48.8. The van der Waals surface area contributed by atoms with Crippen LogP contribution in [0.15, 0.2) is 36.4 Å². The number of nitro groups is 1. The third-order valence-corrected chi connectivity index (χ3v) is 5.35. The lowest BCUT2D eigenvalue weighted by Crippen LogP contribution is -2.28. The molecule has 1 aliphatic rings. The van der Waals surface area contributed by atoms with Gasteiger partial charge in [-0.2, -0.15) is 0 Å². The molecule has 0 saturated carbocycles. The van der Waals surface area contributed by atoms with Crippen LogP contribution in [0, 0.1) is 29.9 Å². The first-order valence-electron chi connectivity index (χ1n) is 9.86. The van der Waals surface area contributed by atoms with Gasteiger partial charge in [0.15, 0.2) is 6.61 Å². The first-order valence-corrected chi connectivity index (χ1v) is 9.86. The zero-order chi connectivity index (χ0) is 23.4. The molecule has 2 amide bonds. The fourth-order valence-corrected chi connectivity index (χ4v) is 3.43. The monoisotopic (exact) mass is 441 g/mol. The maximum absolute atomic E-state index is 12.5. The highest BCUT2D eigenvalue weighted by Gasteiger charge is 2.37. The molecule has 0 spiro atoms. The molecule has 0 radical (unpaired) electrons. The van der Waals surface area contributed by atoms with Gasteiger partial charge in [-0.05, 0) is 37.1 Å². The number of hydrogen-bond acceptors (Lipinski definition) is 7. The molecule has 0 unspecified atom stereocenters. The predicted octanol–water partition coefficient (Wildman–Crippen LogP) is 2.76. The number of hydrogen-bond donors (Lipinski definition) is 1. The Morgan fingerprint density at radius 1 is 1.25 bits per heavy atom. The Kier molecular flexibility index (Phi) is 6.72. The number of aryl methyl sites for hydroxylation is 1. The lowest BCUT2D eigenvalue weighted by Gasteiger charge is -2.19. The number of carbonyl (C=O) groups is 3. The Morgan fingerprint density at radius 2 is 2.00 bits per heavy atom. The van der Waals surface area contributed by atoms with Crippen LogP contribution in [0.2, 0.25) is 0 Å². The number of benzene rings is 2. The van der Waals surface area contributed by atoms with Gasteiger partial charge in [0.2, 0.25) is 5.91 Å². The van der Waals surface area contributed by atoms with E-state index in [0.29, 0.717) is 11.4 Å². The van der Waals surface area contributed by atoms with Gasteiger partial charge in [-0.3, -0.25) is 24.5 Å². The van der Waals surface area contributed by atoms with Crippen molar-refractivity contribution < 1.29 is 28.8 Å². The van der Waals surface area contributed by atoms with Gasteiger partial charge < -0.3 is 19.7 Å². The van der Waals surface area contributed by atoms with Crippen LogP contribution >= 0.6 is 0 Å². The first kappa shape index (κ1) is 22.7. The fourth-order valence-electron chi connectivity index (χ4n) is 3.43. The van der Waals surface area contributed by atoms with Crippen LogP contribution in [-0.2, 0) is 19.1 Å². The van der Waals surface area contributed by atoms with Crippen LogP contribution in [0.4, 0.5) is 17.1 Å². The van der Waals surface area contributed by atoms with E-state index in [9.17, 15) is 24.5 Å². The van der Waals surface area contributed by atoms with Gasteiger partial charge in [0.05, 0.1) is 29.7 Å². The van der Waals surface area contributed by atoms with Gasteiger partial charge in [0.1, 0.15) is 5.75 Å². The van der Waals surface area contributed by atoms with Crippen molar-refractivity contribution in [3.05, 3.63) is 57.6 Å². The van der Waals surface area contributed by atoms with Gasteiger partial charge in [-0.25, -0.2) is 0 Å². The average molecular weight is 441 g/mol. The Bertz CT molecular complexity index is 1080. The average Bonchev–Trinajstić information content (AvgIpc) is 3.16. The summed E-state index contributed by atoms with van der Waals surface area (Å²) in [5, 5.41) is 13.7. The highest BCUT2D eigenvalue weighted by molar-refractivity contribution is 6.01. The van der Waals surface area contributed by atoms with Crippen molar-refractivity contribution in [2.75, 3.05) is 30.5 Å². The summed E-state index contributed by atoms with van der Waals surface area (Å²) in [5.41, 5.74) is 2.72. The minimum absolute atomic E-state index is 0.0183. The molecule has 3 rings (SSSR count). The van der Waals surface area contributed by atoms with Crippen molar-refractivity contribution in [2.24, 2.45) is 5.92 Å². The van der Waals surface area contributed by atoms with Crippen molar-refractivity contribution >= 4 is 34.8 Å². The number of anilines is 2. The molecule has 1 atom stereocenters. The number of rotatable bonds is 7. The second-order valence-corrected chi connectivity index (χ2v) is 7.42. The molecule has 10 heteroatoms. The number of carbonyl (C=O) groups excluding carboxylic acids is 3. The number of non-ortho nitro benzene ring substituents is 1. The van der Waals surface area contributed by atoms with E-state index in [0.717, 1.165) is 11.1 Å². The van der Waals surface area contributed by atoms with Crippen molar-refractivity contribution in [1.29, 1.82) is 0 Å². The minimum Gasteiger partial charge on any atom is -0.494 e. The minimum atomic E-state index is -0.768. The van der Waals surface area contributed by atoms with E-state index in [1.807, 2.05) is 26.0 Å². The lowest BCUT2D eigenvalue weighted by molar-refractivity contribution is -0.384. The molecule has 10 nitrogen and oxygen atoms in total. The van der Waals surface area contributed by atoms with E-state index in [2.05, 4.69) is 5.32 Å². The fraction of sp³-hybridized carbons (Fsp3) is 0.318. The predicted molar refractivity (Wildman–Crippen MR) is 116 cm³/mol. The van der Waals surface area contributed by atoms with Crippen molar-refractivity contribution in [2.45, 2.75) is 20.3 Å². The van der Waals surface area contributed by atoms with E-state index in [-0.39, 0.29) is 30.3 Å². The highest BCUT2D eigenvalue weighted by atomic mass is 16.6. The summed E-state index contributed by atoms with van der Waals surface area (Å²) in [6.45, 7) is 3.35. The van der Waals surface area contributed by atoms with Crippen molar-refractivity contribution in [3.63, 3.8) is 0 Å². The molecule has 1 N–H and O–H groups in total. The van der Waals surface area contributed by atoms with E-state index in [1.54, 1.807) is 6.07 Å². The summed E-state index contributed by atoms with van der Waals surface area (Å²) >= 11 is 0. The molecule has 1 aliphatic heterocycles. The molecule has 2 aromatic rings. The maximum atomic E-state index is 12.5. The number of esters is 1. The van der Waals surface area contributed by atoms with Crippen LogP contribution in [0.3, 0.4) is 0 Å². The Balaban J connectivity index is 1.61. The van der Waals surface area contributed by atoms with Crippen LogP contribution in [0.25, 0.3) is 0 Å². The van der Waals surface area contributed by atoms with Crippen LogP contribution in [-0.4, -0.2) is 43.0 Å². The van der Waals surface area contributed by atoms with Gasteiger partial charge in [0, 0.05) is 24.7 Å². The standard InChI is InChI=1S/C22H23N3O7/c1-13-5-4-6-17(14(13)2)23-20(26)12-32-22(28)15-9-21(27)24(11-15)18-8-7-16(25(29)30)10-19(18)31-3/h4-8,10,15H,9,11-12H2,1-3H3,(H,23,26)/t15-/m0/s1. The van der Waals surface area contributed by atoms with Crippen molar-refractivity contribution in [1.82, 2.24) is 0 Å². The smallest absolute Gasteiger partial charge is 0.311 e. The molecular formula is C22H23N3O7. The molecular weight excluding hydrogens is 418 g/mol. The molecule has 2 aromatic carbocycles. The van der Waals surface area contributed by atoms with E-state index >= 15 is 0 Å².